The number of unbranched alkanes of at least 4 members (excludes halogenated alkanes) is 19. The molecule has 4 nitrogen and oxygen atoms in total. The summed E-state index contributed by atoms with van der Waals surface area (Å²) in [5, 5.41) is 8.41. The van der Waals surface area contributed by atoms with Crippen molar-refractivity contribution in [3.63, 3.8) is 0 Å². The molecule has 0 heterocycles. The molecule has 0 saturated heterocycles. The minimum atomic E-state index is -1.13. The van der Waals surface area contributed by atoms with Crippen LogP contribution < -0.4 is 0 Å². The molecule has 0 aromatic heterocycles. The van der Waals surface area contributed by atoms with Crippen LogP contribution in [0.15, 0.2) is 12.2 Å². The monoisotopic (exact) mass is 424 g/mol. The Hall–Kier alpha value is -1.32. The van der Waals surface area contributed by atoms with Gasteiger partial charge >= 0.3 is 11.9 Å². The Kier molecular flexibility index (Phi) is 22.9. The molecule has 0 unspecified atom stereocenters. The molecule has 1 N–H and O–H groups in total. The van der Waals surface area contributed by atoms with Gasteiger partial charge < -0.3 is 9.84 Å². The third kappa shape index (κ3) is 24.7. The van der Waals surface area contributed by atoms with E-state index in [-0.39, 0.29) is 0 Å². The van der Waals surface area contributed by atoms with Crippen LogP contribution in [0.3, 0.4) is 0 Å². The van der Waals surface area contributed by atoms with Gasteiger partial charge in [0.2, 0.25) is 0 Å². The lowest BCUT2D eigenvalue weighted by molar-refractivity contribution is -0.138. The number of carbonyl (C=O) groups excluding carboxylic acids is 1. The van der Waals surface area contributed by atoms with Crippen LogP contribution in [0.5, 0.6) is 0 Å². The van der Waals surface area contributed by atoms with E-state index in [0.717, 1.165) is 25.0 Å². The van der Waals surface area contributed by atoms with E-state index in [1.54, 1.807) is 0 Å². The summed E-state index contributed by atoms with van der Waals surface area (Å²) in [4.78, 5) is 21.4. The third-order valence-electron chi connectivity index (χ3n) is 5.60. The average Bonchev–Trinajstić information content (AvgIpc) is 2.73. The zero-order chi connectivity index (χ0) is 22.1. The standard InChI is InChI=1S/C26H48O4/c1-2-3-4-5-6-7-8-9-10-11-12-13-14-15-16-17-18-19-20-21-24-30-26(29)23-22-25(27)28/h22-23H,2-21,24H2,1H3,(H,27,28)/b23-22-. The molecule has 0 atom stereocenters. The highest BCUT2D eigenvalue weighted by atomic mass is 16.5. The van der Waals surface area contributed by atoms with Crippen molar-refractivity contribution in [3.05, 3.63) is 12.2 Å². The summed E-state index contributed by atoms with van der Waals surface area (Å²) in [6, 6.07) is 0. The Balaban J connectivity index is 3.11. The Morgan fingerprint density at radius 2 is 0.900 bits per heavy atom. The largest absolute Gasteiger partial charge is 0.478 e. The molecule has 0 rings (SSSR count). The number of carboxylic acid groups (broad SMARTS) is 1. The summed E-state index contributed by atoms with van der Waals surface area (Å²) in [5.41, 5.74) is 0. The smallest absolute Gasteiger partial charge is 0.331 e. The van der Waals surface area contributed by atoms with Gasteiger partial charge in [-0.15, -0.1) is 0 Å². The SMILES string of the molecule is CCCCCCCCCCCCCCCCCCCCCCOC(=O)/C=C\C(=O)O. The van der Waals surface area contributed by atoms with E-state index in [4.69, 9.17) is 9.84 Å². The topological polar surface area (TPSA) is 63.6 Å². The summed E-state index contributed by atoms with van der Waals surface area (Å²) in [6.45, 7) is 2.66. The van der Waals surface area contributed by atoms with Gasteiger partial charge in [0.05, 0.1) is 6.61 Å². The van der Waals surface area contributed by atoms with Gasteiger partial charge in [0.15, 0.2) is 0 Å². The molecule has 0 aromatic rings. The van der Waals surface area contributed by atoms with E-state index in [2.05, 4.69) is 6.92 Å². The second kappa shape index (κ2) is 24.0. The average molecular weight is 425 g/mol. The van der Waals surface area contributed by atoms with Crippen LogP contribution in [0.25, 0.3) is 0 Å². The van der Waals surface area contributed by atoms with Crippen LogP contribution in [-0.2, 0) is 14.3 Å². The predicted octanol–water partition coefficient (Wildman–Crippen LogP) is 7.99. The molecule has 0 amide bonds. The normalized spacial score (nSPS) is 11.2. The first-order chi connectivity index (χ1) is 14.7. The number of hydrogen-bond acceptors (Lipinski definition) is 3. The molecule has 0 aliphatic rings. The first kappa shape index (κ1) is 28.7. The van der Waals surface area contributed by atoms with Crippen molar-refractivity contribution in [2.24, 2.45) is 0 Å². The van der Waals surface area contributed by atoms with Gasteiger partial charge in [-0.05, 0) is 6.42 Å². The molecule has 0 radical (unpaired) electrons. The summed E-state index contributed by atoms with van der Waals surface area (Å²) in [6.07, 6.45) is 28.6. The second-order valence-corrected chi connectivity index (χ2v) is 8.56. The molecule has 4 heteroatoms. The van der Waals surface area contributed by atoms with Gasteiger partial charge in [-0.1, -0.05) is 129 Å². The summed E-state index contributed by atoms with van der Waals surface area (Å²) >= 11 is 0. The Morgan fingerprint density at radius 1 is 0.567 bits per heavy atom. The van der Waals surface area contributed by atoms with E-state index >= 15 is 0 Å². The molecule has 0 fully saturated rings. The quantitative estimate of drug-likeness (QED) is 0.102. The first-order valence-corrected chi connectivity index (χ1v) is 12.7. The third-order valence-corrected chi connectivity index (χ3v) is 5.60. The van der Waals surface area contributed by atoms with Crippen LogP contribution in [0.1, 0.15) is 135 Å². The van der Waals surface area contributed by atoms with E-state index < -0.39 is 11.9 Å². The molecular weight excluding hydrogens is 376 g/mol. The molecule has 0 aliphatic heterocycles. The lowest BCUT2D eigenvalue weighted by atomic mass is 10.0. The van der Waals surface area contributed by atoms with Gasteiger partial charge in [-0.3, -0.25) is 0 Å². The van der Waals surface area contributed by atoms with Crippen LogP contribution in [0.2, 0.25) is 0 Å². The minimum Gasteiger partial charge on any atom is -0.478 e. The maximum Gasteiger partial charge on any atom is 0.331 e. The molecule has 176 valence electrons. The summed E-state index contributed by atoms with van der Waals surface area (Å²) in [5.74, 6) is -1.71. The van der Waals surface area contributed by atoms with Gasteiger partial charge in [0, 0.05) is 12.2 Å². The first-order valence-electron chi connectivity index (χ1n) is 12.7. The number of hydrogen-bond donors (Lipinski definition) is 1. The highest BCUT2D eigenvalue weighted by Crippen LogP contribution is 2.14. The number of carboxylic acids is 1. The van der Waals surface area contributed by atoms with Gasteiger partial charge in [-0.25, -0.2) is 9.59 Å². The highest BCUT2D eigenvalue weighted by molar-refractivity contribution is 5.90. The van der Waals surface area contributed by atoms with Crippen LogP contribution in [-0.4, -0.2) is 23.7 Å². The van der Waals surface area contributed by atoms with Crippen molar-refractivity contribution in [3.8, 4) is 0 Å². The van der Waals surface area contributed by atoms with E-state index in [1.807, 2.05) is 0 Å². The van der Waals surface area contributed by atoms with E-state index in [1.165, 1.54) is 116 Å². The fourth-order valence-electron chi connectivity index (χ4n) is 3.72. The molecule has 0 aliphatic carbocycles. The number of rotatable bonds is 23. The fourth-order valence-corrected chi connectivity index (χ4v) is 3.72. The Bertz CT molecular complexity index is 417. The lowest BCUT2D eigenvalue weighted by Gasteiger charge is -2.04. The van der Waals surface area contributed by atoms with Gasteiger partial charge in [-0.2, -0.15) is 0 Å². The molecule has 0 bridgehead atoms. The van der Waals surface area contributed by atoms with E-state index in [0.29, 0.717) is 6.61 Å². The van der Waals surface area contributed by atoms with Crippen molar-refractivity contribution in [2.75, 3.05) is 6.61 Å². The lowest BCUT2D eigenvalue weighted by Crippen LogP contribution is -2.03. The maximum atomic E-state index is 11.2. The van der Waals surface area contributed by atoms with Crippen molar-refractivity contribution in [1.82, 2.24) is 0 Å². The van der Waals surface area contributed by atoms with Crippen molar-refractivity contribution in [1.29, 1.82) is 0 Å². The molecule has 0 saturated carbocycles. The van der Waals surface area contributed by atoms with Gasteiger partial charge in [0.1, 0.15) is 0 Å². The predicted molar refractivity (Wildman–Crippen MR) is 126 cm³/mol. The maximum absolute atomic E-state index is 11.2. The summed E-state index contributed by atoms with van der Waals surface area (Å²) in [7, 11) is 0. The molecule has 0 spiro atoms. The number of carbonyl (C=O) groups is 2. The number of ether oxygens (including phenoxy) is 1. The van der Waals surface area contributed by atoms with E-state index in [9.17, 15) is 9.59 Å². The van der Waals surface area contributed by atoms with Crippen molar-refractivity contribution < 1.29 is 19.4 Å². The Labute approximate surface area is 185 Å². The molecule has 30 heavy (non-hydrogen) atoms. The summed E-state index contributed by atoms with van der Waals surface area (Å²) < 4.78 is 4.94. The van der Waals surface area contributed by atoms with Crippen molar-refractivity contribution >= 4 is 11.9 Å². The second-order valence-electron chi connectivity index (χ2n) is 8.56. The molecule has 0 aromatic carbocycles. The molecular formula is C26H48O4. The van der Waals surface area contributed by atoms with Gasteiger partial charge in [0.25, 0.3) is 0 Å². The Morgan fingerprint density at radius 3 is 1.23 bits per heavy atom. The van der Waals surface area contributed by atoms with Crippen LogP contribution >= 0.6 is 0 Å². The zero-order valence-corrected chi connectivity index (χ0v) is 19.7. The minimum absolute atomic E-state index is 0.377. The zero-order valence-electron chi connectivity index (χ0n) is 19.7. The number of esters is 1. The van der Waals surface area contributed by atoms with Crippen molar-refractivity contribution in [2.45, 2.75) is 135 Å². The van der Waals surface area contributed by atoms with Crippen LogP contribution in [0.4, 0.5) is 0 Å². The van der Waals surface area contributed by atoms with Crippen LogP contribution in [0, 0.1) is 0 Å². The highest BCUT2D eigenvalue weighted by Gasteiger charge is 1.99. The fraction of sp³-hybridized carbons (Fsp3) is 0.846. The number of aliphatic carboxylic acids is 1.